The molecule has 0 spiro atoms. The van der Waals surface area contributed by atoms with E-state index < -0.39 is 11.7 Å². The van der Waals surface area contributed by atoms with Crippen LogP contribution in [0.5, 0.6) is 0 Å². The largest absolute Gasteiger partial charge is 0.444 e. The molecule has 0 unspecified atom stereocenters. The second-order valence-corrected chi connectivity index (χ2v) is 5.71. The highest BCUT2D eigenvalue weighted by Crippen LogP contribution is 2.23. The summed E-state index contributed by atoms with van der Waals surface area (Å²) in [4.78, 5) is 13.7. The molecule has 1 fully saturated rings. The summed E-state index contributed by atoms with van der Waals surface area (Å²) in [6.07, 6.45) is 2.86. The maximum Gasteiger partial charge on any atom is 0.410 e. The zero-order valence-corrected chi connectivity index (χ0v) is 11.4. The van der Waals surface area contributed by atoms with E-state index >= 15 is 0 Å². The smallest absolute Gasteiger partial charge is 0.410 e. The molecule has 0 aromatic carbocycles. The molecule has 100 valence electrons. The lowest BCUT2D eigenvalue weighted by molar-refractivity contribution is -0.0169. The fourth-order valence-corrected chi connectivity index (χ4v) is 2.18. The van der Waals surface area contributed by atoms with Gasteiger partial charge in [-0.2, -0.15) is 0 Å². The monoisotopic (exact) mass is 243 g/mol. The maximum absolute atomic E-state index is 12.0. The molecule has 17 heavy (non-hydrogen) atoms. The molecule has 0 radical (unpaired) electrons. The van der Waals surface area contributed by atoms with E-state index in [0.717, 1.165) is 19.3 Å². The van der Waals surface area contributed by atoms with Gasteiger partial charge in [0.25, 0.3) is 0 Å². The summed E-state index contributed by atoms with van der Waals surface area (Å²) in [5.41, 5.74) is -0.476. The van der Waals surface area contributed by atoms with E-state index in [-0.39, 0.29) is 12.1 Å². The standard InChI is InChI=1S/C13H25NO3/c1-5-11(15)10-8-6-7-9-14(10)12(16)17-13(2,3)4/h10-11,15H,5-9H2,1-4H3/t10-,11-/m1/s1. The fourth-order valence-electron chi connectivity index (χ4n) is 2.18. The fraction of sp³-hybridized carbons (Fsp3) is 0.923. The van der Waals surface area contributed by atoms with E-state index in [9.17, 15) is 9.90 Å². The first kappa shape index (κ1) is 14.3. The number of ether oxygens (including phenoxy) is 1. The number of carbonyl (C=O) groups excluding carboxylic acids is 1. The topological polar surface area (TPSA) is 49.8 Å². The van der Waals surface area contributed by atoms with Gasteiger partial charge < -0.3 is 14.7 Å². The summed E-state index contributed by atoms with van der Waals surface area (Å²) < 4.78 is 5.38. The van der Waals surface area contributed by atoms with Crippen LogP contribution in [0.25, 0.3) is 0 Å². The molecule has 1 heterocycles. The Morgan fingerprint density at radius 1 is 1.47 bits per heavy atom. The van der Waals surface area contributed by atoms with Crippen LogP contribution in [0.2, 0.25) is 0 Å². The van der Waals surface area contributed by atoms with Crippen LogP contribution in [0, 0.1) is 0 Å². The molecule has 0 aliphatic carbocycles. The van der Waals surface area contributed by atoms with Crippen LogP contribution in [-0.2, 0) is 4.74 Å². The molecular weight excluding hydrogens is 218 g/mol. The van der Waals surface area contributed by atoms with E-state index in [1.807, 2.05) is 27.7 Å². The van der Waals surface area contributed by atoms with Gasteiger partial charge in [0.05, 0.1) is 12.1 Å². The first-order valence-electron chi connectivity index (χ1n) is 6.53. The molecule has 1 aliphatic heterocycles. The number of hydrogen-bond donors (Lipinski definition) is 1. The lowest BCUT2D eigenvalue weighted by atomic mass is 9.96. The molecular formula is C13H25NO3. The van der Waals surface area contributed by atoms with Crippen molar-refractivity contribution in [2.24, 2.45) is 0 Å². The number of hydrogen-bond acceptors (Lipinski definition) is 3. The van der Waals surface area contributed by atoms with Gasteiger partial charge in [-0.1, -0.05) is 6.92 Å². The van der Waals surface area contributed by atoms with Gasteiger partial charge in [0.2, 0.25) is 0 Å². The van der Waals surface area contributed by atoms with Crippen molar-refractivity contribution in [3.63, 3.8) is 0 Å². The predicted octanol–water partition coefficient (Wildman–Crippen LogP) is 2.55. The van der Waals surface area contributed by atoms with Crippen LogP contribution < -0.4 is 0 Å². The second-order valence-electron chi connectivity index (χ2n) is 5.71. The molecule has 4 nitrogen and oxygen atoms in total. The minimum Gasteiger partial charge on any atom is -0.444 e. The number of nitrogens with zero attached hydrogens (tertiary/aromatic N) is 1. The molecule has 0 bridgehead atoms. The van der Waals surface area contributed by atoms with Crippen molar-refractivity contribution in [1.82, 2.24) is 4.90 Å². The molecule has 1 N–H and O–H groups in total. The van der Waals surface area contributed by atoms with Crippen molar-refractivity contribution in [3.05, 3.63) is 0 Å². The molecule has 1 amide bonds. The van der Waals surface area contributed by atoms with E-state index in [2.05, 4.69) is 0 Å². The third kappa shape index (κ3) is 4.19. The van der Waals surface area contributed by atoms with Gasteiger partial charge in [-0.3, -0.25) is 0 Å². The second kappa shape index (κ2) is 5.71. The molecule has 1 rings (SSSR count). The Balaban J connectivity index is 2.67. The Morgan fingerprint density at radius 3 is 2.65 bits per heavy atom. The van der Waals surface area contributed by atoms with Gasteiger partial charge in [-0.15, -0.1) is 0 Å². The number of piperidine rings is 1. The van der Waals surface area contributed by atoms with E-state index in [0.29, 0.717) is 13.0 Å². The van der Waals surface area contributed by atoms with E-state index in [4.69, 9.17) is 4.74 Å². The molecule has 2 atom stereocenters. The summed E-state index contributed by atoms with van der Waals surface area (Å²) >= 11 is 0. The summed E-state index contributed by atoms with van der Waals surface area (Å²) in [5, 5.41) is 9.95. The van der Waals surface area contributed by atoms with Crippen molar-refractivity contribution in [2.45, 2.75) is 71.1 Å². The SMILES string of the molecule is CC[C@@H](O)[C@H]1CCCCN1C(=O)OC(C)(C)C. The summed E-state index contributed by atoms with van der Waals surface area (Å²) in [6.45, 7) is 8.21. The average molecular weight is 243 g/mol. The number of carbonyl (C=O) groups is 1. The van der Waals surface area contributed by atoms with Crippen LogP contribution >= 0.6 is 0 Å². The van der Waals surface area contributed by atoms with Gasteiger partial charge in [0.1, 0.15) is 5.60 Å². The van der Waals surface area contributed by atoms with Crippen molar-refractivity contribution < 1.29 is 14.6 Å². The van der Waals surface area contributed by atoms with Gasteiger partial charge in [-0.25, -0.2) is 4.79 Å². The summed E-state index contributed by atoms with van der Waals surface area (Å²) in [5.74, 6) is 0. The molecule has 4 heteroatoms. The summed E-state index contributed by atoms with van der Waals surface area (Å²) in [7, 11) is 0. The van der Waals surface area contributed by atoms with Gasteiger partial charge in [0.15, 0.2) is 0 Å². The number of aliphatic hydroxyl groups is 1. The third-order valence-corrected chi connectivity index (χ3v) is 3.04. The quantitative estimate of drug-likeness (QED) is 0.811. The minimum absolute atomic E-state index is 0.0800. The van der Waals surface area contributed by atoms with Crippen LogP contribution in [0.1, 0.15) is 53.4 Å². The highest BCUT2D eigenvalue weighted by atomic mass is 16.6. The van der Waals surface area contributed by atoms with Crippen molar-refractivity contribution in [3.8, 4) is 0 Å². The van der Waals surface area contributed by atoms with Crippen molar-refractivity contribution in [1.29, 1.82) is 0 Å². The number of rotatable bonds is 2. The molecule has 1 aliphatic rings. The lowest BCUT2D eigenvalue weighted by Gasteiger charge is -2.38. The molecule has 1 saturated heterocycles. The minimum atomic E-state index is -0.476. The third-order valence-electron chi connectivity index (χ3n) is 3.04. The van der Waals surface area contributed by atoms with Crippen molar-refractivity contribution in [2.75, 3.05) is 6.54 Å². The van der Waals surface area contributed by atoms with Crippen LogP contribution in [0.3, 0.4) is 0 Å². The van der Waals surface area contributed by atoms with Crippen LogP contribution in [-0.4, -0.2) is 40.4 Å². The number of amides is 1. The van der Waals surface area contributed by atoms with Crippen molar-refractivity contribution >= 4 is 6.09 Å². The van der Waals surface area contributed by atoms with Gasteiger partial charge in [-0.05, 0) is 46.5 Å². The Labute approximate surface area is 104 Å². The molecule has 0 saturated carbocycles. The maximum atomic E-state index is 12.0. The lowest BCUT2D eigenvalue weighted by Crippen LogP contribution is -2.51. The van der Waals surface area contributed by atoms with E-state index in [1.54, 1.807) is 4.90 Å². The Bertz CT molecular complexity index is 260. The first-order valence-corrected chi connectivity index (χ1v) is 6.53. The van der Waals surface area contributed by atoms with E-state index in [1.165, 1.54) is 0 Å². The molecule has 0 aromatic rings. The number of likely N-dealkylation sites (tertiary alicyclic amines) is 1. The first-order chi connectivity index (χ1) is 7.85. The highest BCUT2D eigenvalue weighted by Gasteiger charge is 2.33. The predicted molar refractivity (Wildman–Crippen MR) is 66.9 cm³/mol. The Hall–Kier alpha value is -0.770. The van der Waals surface area contributed by atoms with Gasteiger partial charge in [0, 0.05) is 6.54 Å². The Morgan fingerprint density at radius 2 is 2.12 bits per heavy atom. The number of aliphatic hydroxyl groups excluding tert-OH is 1. The molecule has 0 aromatic heterocycles. The summed E-state index contributed by atoms with van der Waals surface area (Å²) in [6, 6.07) is -0.0800. The van der Waals surface area contributed by atoms with Crippen LogP contribution in [0.15, 0.2) is 0 Å². The zero-order valence-electron chi connectivity index (χ0n) is 11.4. The zero-order chi connectivity index (χ0) is 13.1. The highest BCUT2D eigenvalue weighted by molar-refractivity contribution is 5.68. The average Bonchev–Trinajstić information content (AvgIpc) is 2.25. The Kier molecular flexibility index (Phi) is 4.80. The van der Waals surface area contributed by atoms with Gasteiger partial charge >= 0.3 is 6.09 Å². The normalized spacial score (nSPS) is 23.4. The van der Waals surface area contributed by atoms with Crippen LogP contribution in [0.4, 0.5) is 4.79 Å².